The maximum Gasteiger partial charge on any atom is 0.239 e. The monoisotopic (exact) mass is 345 g/mol. The first-order valence-electron chi connectivity index (χ1n) is 8.44. The fourth-order valence-corrected chi connectivity index (χ4v) is 4.52. The molecule has 2 atom stereocenters. The van der Waals surface area contributed by atoms with E-state index in [1.54, 1.807) is 11.8 Å². The van der Waals surface area contributed by atoms with Crippen molar-refractivity contribution in [3.63, 3.8) is 0 Å². The predicted octanol–water partition coefficient (Wildman–Crippen LogP) is 4.93. The third kappa shape index (κ3) is 3.33. The van der Waals surface area contributed by atoms with E-state index in [1.165, 1.54) is 11.1 Å². The van der Waals surface area contributed by atoms with Crippen molar-refractivity contribution in [1.82, 2.24) is 4.90 Å². The van der Waals surface area contributed by atoms with E-state index in [-0.39, 0.29) is 17.2 Å². The molecular formula is C22H19NOS. The maximum atomic E-state index is 12.9. The van der Waals surface area contributed by atoms with Crippen LogP contribution < -0.4 is 0 Å². The van der Waals surface area contributed by atoms with Crippen molar-refractivity contribution in [3.8, 4) is 0 Å². The Kier molecular flexibility index (Phi) is 4.57. The highest BCUT2D eigenvalue weighted by Gasteiger charge is 2.48. The fourth-order valence-electron chi connectivity index (χ4n) is 3.24. The Balaban J connectivity index is 1.60. The second kappa shape index (κ2) is 7.16. The van der Waals surface area contributed by atoms with Gasteiger partial charge in [-0.3, -0.25) is 4.79 Å². The first-order chi connectivity index (χ1) is 12.3. The van der Waals surface area contributed by atoms with Gasteiger partial charge >= 0.3 is 0 Å². The van der Waals surface area contributed by atoms with Gasteiger partial charge in [-0.05, 0) is 23.3 Å². The number of nitrogens with zero attached hydrogens (tertiary/aromatic N) is 1. The number of carbonyl (C=O) groups excluding carboxylic acids is 1. The summed E-state index contributed by atoms with van der Waals surface area (Å²) in [4.78, 5) is 16.0. The van der Waals surface area contributed by atoms with Crippen LogP contribution in [0.1, 0.15) is 17.2 Å². The van der Waals surface area contributed by atoms with Crippen molar-refractivity contribution in [3.05, 3.63) is 102 Å². The smallest absolute Gasteiger partial charge is 0.239 e. The molecular weight excluding hydrogens is 326 g/mol. The molecule has 124 valence electrons. The Bertz CT molecular complexity index is 784. The highest BCUT2D eigenvalue weighted by Crippen LogP contribution is 2.45. The van der Waals surface area contributed by atoms with Gasteiger partial charge in [0.05, 0.1) is 6.04 Å². The van der Waals surface area contributed by atoms with Crippen molar-refractivity contribution in [1.29, 1.82) is 0 Å². The van der Waals surface area contributed by atoms with E-state index in [1.807, 2.05) is 59.5 Å². The van der Waals surface area contributed by atoms with Crippen molar-refractivity contribution in [2.75, 3.05) is 0 Å². The summed E-state index contributed by atoms with van der Waals surface area (Å²) in [5, 5.41) is -0.0616. The van der Waals surface area contributed by atoms with E-state index >= 15 is 0 Å². The number of thioether (sulfide) groups is 1. The lowest BCUT2D eigenvalue weighted by Gasteiger charge is -2.47. The van der Waals surface area contributed by atoms with Gasteiger partial charge in [0, 0.05) is 11.4 Å². The van der Waals surface area contributed by atoms with Gasteiger partial charge in [-0.25, -0.2) is 0 Å². The van der Waals surface area contributed by atoms with Crippen LogP contribution in [-0.4, -0.2) is 16.1 Å². The van der Waals surface area contributed by atoms with E-state index in [2.05, 4.69) is 36.4 Å². The molecule has 0 bridgehead atoms. The first-order valence-corrected chi connectivity index (χ1v) is 9.32. The van der Waals surface area contributed by atoms with Crippen LogP contribution in [0.3, 0.4) is 0 Å². The number of β-lactam (4-membered cyclic amide) rings is 1. The molecule has 1 heterocycles. The number of rotatable bonds is 5. The summed E-state index contributed by atoms with van der Waals surface area (Å²) in [7, 11) is 0. The number of hydrogen-bond acceptors (Lipinski definition) is 2. The molecule has 1 fully saturated rings. The Morgan fingerprint density at radius 3 is 1.96 bits per heavy atom. The van der Waals surface area contributed by atoms with Crippen molar-refractivity contribution in [2.45, 2.75) is 22.7 Å². The van der Waals surface area contributed by atoms with Gasteiger partial charge in [-0.2, -0.15) is 0 Å². The molecule has 3 heteroatoms. The summed E-state index contributed by atoms with van der Waals surface area (Å²) in [6, 6.07) is 30.8. The van der Waals surface area contributed by atoms with Gasteiger partial charge in [-0.15, -0.1) is 11.8 Å². The molecule has 1 saturated heterocycles. The van der Waals surface area contributed by atoms with Crippen LogP contribution in [0.25, 0.3) is 0 Å². The number of carbonyl (C=O) groups is 1. The van der Waals surface area contributed by atoms with Crippen LogP contribution in [0, 0.1) is 0 Å². The van der Waals surface area contributed by atoms with E-state index in [9.17, 15) is 4.79 Å². The van der Waals surface area contributed by atoms with Crippen molar-refractivity contribution < 1.29 is 4.79 Å². The Morgan fingerprint density at radius 1 is 0.760 bits per heavy atom. The van der Waals surface area contributed by atoms with Crippen LogP contribution in [-0.2, 0) is 11.3 Å². The average Bonchev–Trinajstić information content (AvgIpc) is 2.69. The molecule has 1 aliphatic rings. The summed E-state index contributed by atoms with van der Waals surface area (Å²) in [5.41, 5.74) is 2.37. The second-order valence-electron chi connectivity index (χ2n) is 6.16. The molecule has 0 aromatic heterocycles. The highest BCUT2D eigenvalue weighted by atomic mass is 32.2. The molecule has 0 radical (unpaired) electrons. The zero-order valence-corrected chi connectivity index (χ0v) is 14.6. The molecule has 4 rings (SSSR count). The zero-order chi connectivity index (χ0) is 17.1. The van der Waals surface area contributed by atoms with Gasteiger partial charge < -0.3 is 4.90 Å². The Labute approximate surface area is 152 Å². The Hall–Kier alpha value is -2.52. The topological polar surface area (TPSA) is 20.3 Å². The minimum absolute atomic E-state index is 0.0616. The molecule has 3 aromatic rings. The molecule has 1 amide bonds. The van der Waals surface area contributed by atoms with Crippen LogP contribution in [0.5, 0.6) is 0 Å². The molecule has 0 spiro atoms. The Morgan fingerprint density at radius 2 is 1.32 bits per heavy atom. The summed E-state index contributed by atoms with van der Waals surface area (Å²) in [5.74, 6) is 0.214. The zero-order valence-electron chi connectivity index (χ0n) is 13.8. The lowest BCUT2D eigenvalue weighted by Crippen LogP contribution is -2.56. The van der Waals surface area contributed by atoms with Crippen molar-refractivity contribution >= 4 is 17.7 Å². The fraction of sp³-hybridized carbons (Fsp3) is 0.136. The normalized spacial score (nSPS) is 19.5. The van der Waals surface area contributed by atoms with Crippen LogP contribution >= 0.6 is 11.8 Å². The molecule has 0 N–H and O–H groups in total. The number of amides is 1. The molecule has 3 aromatic carbocycles. The van der Waals surface area contributed by atoms with Crippen LogP contribution in [0.4, 0.5) is 0 Å². The maximum absolute atomic E-state index is 12.9. The molecule has 1 aliphatic heterocycles. The summed E-state index contributed by atoms with van der Waals surface area (Å²) >= 11 is 1.66. The van der Waals surface area contributed by atoms with Crippen LogP contribution in [0.15, 0.2) is 95.9 Å². The predicted molar refractivity (Wildman–Crippen MR) is 102 cm³/mol. The third-order valence-electron chi connectivity index (χ3n) is 4.49. The van der Waals surface area contributed by atoms with Gasteiger partial charge in [0.2, 0.25) is 5.91 Å². The lowest BCUT2D eigenvalue weighted by molar-refractivity contribution is -0.146. The third-order valence-corrected chi connectivity index (χ3v) is 5.75. The number of benzene rings is 3. The number of hydrogen-bond donors (Lipinski definition) is 0. The molecule has 0 saturated carbocycles. The molecule has 2 nitrogen and oxygen atoms in total. The van der Waals surface area contributed by atoms with E-state index in [0.717, 1.165) is 4.90 Å². The van der Waals surface area contributed by atoms with E-state index < -0.39 is 0 Å². The van der Waals surface area contributed by atoms with Gasteiger partial charge in [-0.1, -0.05) is 78.9 Å². The number of likely N-dealkylation sites (tertiary alicyclic amines) is 1. The molecule has 0 unspecified atom stereocenters. The van der Waals surface area contributed by atoms with Gasteiger partial charge in [0.15, 0.2) is 0 Å². The van der Waals surface area contributed by atoms with Gasteiger partial charge in [0.25, 0.3) is 0 Å². The van der Waals surface area contributed by atoms with Gasteiger partial charge in [0.1, 0.15) is 5.25 Å². The standard InChI is InChI=1S/C22H19NOS/c24-22-21(25-19-14-8-3-9-15-19)20(18-12-6-2-7-13-18)23(22)16-17-10-4-1-5-11-17/h1-15,20-21H,16H2/t20-,21+/m0/s1. The minimum Gasteiger partial charge on any atom is -0.329 e. The lowest BCUT2D eigenvalue weighted by atomic mass is 9.92. The largest absolute Gasteiger partial charge is 0.329 e. The molecule has 0 aliphatic carbocycles. The van der Waals surface area contributed by atoms with Crippen molar-refractivity contribution in [2.24, 2.45) is 0 Å². The first kappa shape index (κ1) is 16.0. The van der Waals surface area contributed by atoms with E-state index in [4.69, 9.17) is 0 Å². The summed E-state index contributed by atoms with van der Waals surface area (Å²) in [6.45, 7) is 0.658. The summed E-state index contributed by atoms with van der Waals surface area (Å²) in [6.07, 6.45) is 0. The summed E-state index contributed by atoms with van der Waals surface area (Å²) < 4.78 is 0. The highest BCUT2D eigenvalue weighted by molar-refractivity contribution is 8.00. The molecule has 25 heavy (non-hydrogen) atoms. The van der Waals surface area contributed by atoms with E-state index in [0.29, 0.717) is 6.54 Å². The SMILES string of the molecule is O=C1[C@H](Sc2ccccc2)[C@H](c2ccccc2)N1Cc1ccccc1. The minimum atomic E-state index is -0.0616. The average molecular weight is 345 g/mol. The second-order valence-corrected chi connectivity index (χ2v) is 7.37. The quantitative estimate of drug-likeness (QED) is 0.611. The van der Waals surface area contributed by atoms with Crippen LogP contribution in [0.2, 0.25) is 0 Å².